The van der Waals surface area contributed by atoms with Crippen molar-refractivity contribution in [2.24, 2.45) is 0 Å². The second kappa shape index (κ2) is 12.4. The van der Waals surface area contributed by atoms with Gasteiger partial charge >= 0.3 is 0 Å². The van der Waals surface area contributed by atoms with E-state index in [1.54, 1.807) is 6.20 Å². The third-order valence-electron chi connectivity index (χ3n) is 11.4. The van der Waals surface area contributed by atoms with Crippen LogP contribution in [0.1, 0.15) is 22.3 Å². The van der Waals surface area contributed by atoms with E-state index in [-0.39, 0.29) is 0 Å². The predicted octanol–water partition coefficient (Wildman–Crippen LogP) is 12.6. The lowest BCUT2D eigenvalue weighted by Gasteiger charge is -2.30. The highest BCUT2D eigenvalue weighted by Gasteiger charge is 2.51. The number of pyridine rings is 1. The summed E-state index contributed by atoms with van der Waals surface area (Å²) in [5.41, 5.74) is 19.4. The Bertz CT molecular complexity index is 2730. The van der Waals surface area contributed by atoms with Crippen molar-refractivity contribution in [3.8, 4) is 78.4 Å². The molecule has 0 amide bonds. The minimum atomic E-state index is -0.427. The Morgan fingerprint density at radius 1 is 0.309 bits per heavy atom. The molecule has 2 aliphatic rings. The molecule has 0 radical (unpaired) electrons. The van der Waals surface area contributed by atoms with Gasteiger partial charge < -0.3 is 0 Å². The Labute approximate surface area is 320 Å². The summed E-state index contributed by atoms with van der Waals surface area (Å²) >= 11 is 0. The number of aromatic nitrogens is 3. The molecule has 11 rings (SSSR count). The van der Waals surface area contributed by atoms with Gasteiger partial charge in [-0.25, -0.2) is 9.97 Å². The lowest BCUT2D eigenvalue weighted by Crippen LogP contribution is -2.25. The van der Waals surface area contributed by atoms with E-state index in [4.69, 9.17) is 9.97 Å². The van der Waals surface area contributed by atoms with Crippen LogP contribution < -0.4 is 0 Å². The average Bonchev–Trinajstić information content (AvgIpc) is 3.74. The number of fused-ring (bicyclic) bond motifs is 10. The van der Waals surface area contributed by atoms with Crippen LogP contribution >= 0.6 is 0 Å². The van der Waals surface area contributed by atoms with Gasteiger partial charge in [0.2, 0.25) is 0 Å². The van der Waals surface area contributed by atoms with Gasteiger partial charge in [-0.15, -0.1) is 0 Å². The number of benzene rings is 7. The van der Waals surface area contributed by atoms with Gasteiger partial charge in [-0.2, -0.15) is 0 Å². The van der Waals surface area contributed by atoms with Crippen molar-refractivity contribution in [3.63, 3.8) is 0 Å². The molecule has 2 aliphatic carbocycles. The molecule has 0 bridgehead atoms. The van der Waals surface area contributed by atoms with Gasteiger partial charge in [0.05, 0.1) is 16.8 Å². The first-order valence-electron chi connectivity index (χ1n) is 18.8. The van der Waals surface area contributed by atoms with E-state index in [1.165, 1.54) is 50.1 Å². The minimum absolute atomic E-state index is 0.427. The van der Waals surface area contributed by atoms with Crippen LogP contribution in [0.25, 0.3) is 78.4 Å². The van der Waals surface area contributed by atoms with Crippen molar-refractivity contribution in [1.82, 2.24) is 15.0 Å². The molecular weight excluding hydrogens is 667 g/mol. The van der Waals surface area contributed by atoms with Crippen LogP contribution in [0.5, 0.6) is 0 Å². The summed E-state index contributed by atoms with van der Waals surface area (Å²) in [6, 6.07) is 67.6. The van der Waals surface area contributed by atoms with Crippen LogP contribution in [0.4, 0.5) is 0 Å². The van der Waals surface area contributed by atoms with E-state index < -0.39 is 5.41 Å². The highest BCUT2D eigenvalue weighted by Crippen LogP contribution is 2.63. The first-order valence-corrected chi connectivity index (χ1v) is 18.8. The van der Waals surface area contributed by atoms with E-state index in [1.807, 2.05) is 18.3 Å². The maximum absolute atomic E-state index is 5.33. The zero-order valence-electron chi connectivity index (χ0n) is 29.9. The van der Waals surface area contributed by atoms with E-state index in [9.17, 15) is 0 Å². The average molecular weight is 700 g/mol. The Hall–Kier alpha value is -7.23. The molecule has 0 fully saturated rings. The van der Waals surface area contributed by atoms with Crippen molar-refractivity contribution >= 4 is 0 Å². The fraction of sp³-hybridized carbons (Fsp3) is 0.0192. The van der Waals surface area contributed by atoms with E-state index in [0.29, 0.717) is 5.82 Å². The highest BCUT2D eigenvalue weighted by molar-refractivity contribution is 5.96. The van der Waals surface area contributed by atoms with Crippen LogP contribution in [0.2, 0.25) is 0 Å². The Morgan fingerprint density at radius 3 is 1.36 bits per heavy atom. The quantitative estimate of drug-likeness (QED) is 0.179. The monoisotopic (exact) mass is 699 g/mol. The van der Waals surface area contributed by atoms with Gasteiger partial charge in [0.15, 0.2) is 5.82 Å². The fourth-order valence-electron chi connectivity index (χ4n) is 8.94. The fourth-order valence-corrected chi connectivity index (χ4v) is 8.94. The third-order valence-corrected chi connectivity index (χ3v) is 11.4. The second-order valence-corrected chi connectivity index (χ2v) is 14.4. The molecule has 2 aromatic heterocycles. The summed E-state index contributed by atoms with van der Waals surface area (Å²) in [5, 5.41) is 0. The molecule has 0 saturated carbocycles. The van der Waals surface area contributed by atoms with Crippen LogP contribution in [-0.4, -0.2) is 15.0 Å². The summed E-state index contributed by atoms with van der Waals surface area (Å²) < 4.78 is 0. The molecule has 256 valence electrons. The van der Waals surface area contributed by atoms with Gasteiger partial charge in [-0.1, -0.05) is 170 Å². The summed E-state index contributed by atoms with van der Waals surface area (Å²) in [6.45, 7) is 0. The van der Waals surface area contributed by atoms with Crippen LogP contribution in [0, 0.1) is 0 Å². The smallest absolute Gasteiger partial charge is 0.160 e. The molecule has 2 heterocycles. The van der Waals surface area contributed by atoms with Gasteiger partial charge in [-0.05, 0) is 85.0 Å². The maximum atomic E-state index is 5.33. The van der Waals surface area contributed by atoms with Gasteiger partial charge in [0, 0.05) is 29.1 Å². The van der Waals surface area contributed by atoms with Gasteiger partial charge in [0.1, 0.15) is 0 Å². The summed E-state index contributed by atoms with van der Waals surface area (Å²) in [4.78, 5) is 14.9. The zero-order valence-corrected chi connectivity index (χ0v) is 29.9. The lowest BCUT2D eigenvalue weighted by atomic mass is 9.70. The topological polar surface area (TPSA) is 38.7 Å². The predicted molar refractivity (Wildman–Crippen MR) is 223 cm³/mol. The maximum Gasteiger partial charge on any atom is 0.160 e. The lowest BCUT2D eigenvalue weighted by molar-refractivity contribution is 0.794. The van der Waals surface area contributed by atoms with Crippen molar-refractivity contribution in [1.29, 1.82) is 0 Å². The van der Waals surface area contributed by atoms with E-state index in [0.717, 1.165) is 44.8 Å². The van der Waals surface area contributed by atoms with Crippen LogP contribution in [-0.2, 0) is 5.41 Å². The summed E-state index contributed by atoms with van der Waals surface area (Å²) in [5.74, 6) is 0.693. The number of rotatable bonds is 5. The number of hydrogen-bond acceptors (Lipinski definition) is 3. The van der Waals surface area contributed by atoms with Crippen LogP contribution in [0.3, 0.4) is 0 Å². The highest BCUT2D eigenvalue weighted by atomic mass is 14.9. The molecule has 1 spiro atoms. The van der Waals surface area contributed by atoms with E-state index >= 15 is 0 Å². The van der Waals surface area contributed by atoms with Crippen molar-refractivity contribution in [2.45, 2.75) is 5.41 Å². The molecular formula is C52H33N3. The molecule has 55 heavy (non-hydrogen) atoms. The first-order chi connectivity index (χ1) is 27.3. The molecule has 0 atom stereocenters. The van der Waals surface area contributed by atoms with E-state index in [2.05, 4.69) is 181 Å². The largest absolute Gasteiger partial charge is 0.264 e. The molecule has 0 unspecified atom stereocenters. The standard InChI is InChI=1S/C52H33N3/c1-2-11-34(12-3-1)35-22-26-38(27-23-35)51-54-49(37-24-20-36(21-25-37)40-13-10-30-53-33-40)32-50(55-51)39-28-29-44-43-16-6-9-19-47(43)52(48(44)31-39)45-17-7-4-14-41(45)42-15-5-8-18-46(42)52/h1-33H. The van der Waals surface area contributed by atoms with Crippen LogP contribution in [0.15, 0.2) is 200 Å². The molecule has 3 nitrogen and oxygen atoms in total. The molecule has 0 aliphatic heterocycles. The second-order valence-electron chi connectivity index (χ2n) is 14.4. The van der Waals surface area contributed by atoms with Crippen molar-refractivity contribution < 1.29 is 0 Å². The number of nitrogens with zero attached hydrogens (tertiary/aromatic N) is 3. The normalized spacial score (nSPS) is 12.9. The van der Waals surface area contributed by atoms with Gasteiger partial charge in [-0.3, -0.25) is 4.98 Å². The SMILES string of the molecule is c1ccc(-c2ccc(-c3nc(-c4ccc(-c5cccnc5)cc4)cc(-c4ccc5c(c4)C4(c6ccccc6-c6ccccc64)c4ccccc4-5)n3)cc2)cc1. The summed E-state index contributed by atoms with van der Waals surface area (Å²) in [7, 11) is 0. The third kappa shape index (κ3) is 4.87. The van der Waals surface area contributed by atoms with Crippen molar-refractivity contribution in [3.05, 3.63) is 223 Å². The Morgan fingerprint density at radius 2 is 0.764 bits per heavy atom. The van der Waals surface area contributed by atoms with Crippen molar-refractivity contribution in [2.75, 3.05) is 0 Å². The molecule has 7 aromatic carbocycles. The molecule has 0 saturated heterocycles. The first kappa shape index (κ1) is 31.3. The zero-order chi connectivity index (χ0) is 36.3. The van der Waals surface area contributed by atoms with Gasteiger partial charge in [0.25, 0.3) is 0 Å². The molecule has 3 heteroatoms. The summed E-state index contributed by atoms with van der Waals surface area (Å²) in [6.07, 6.45) is 3.70. The molecule has 9 aromatic rings. The Balaban J connectivity index is 1.10. The number of hydrogen-bond donors (Lipinski definition) is 0. The minimum Gasteiger partial charge on any atom is -0.264 e. The molecule has 0 N–H and O–H groups in total. The Kier molecular flexibility index (Phi) is 7.08.